The molecule has 5 nitrogen and oxygen atoms in total. The minimum absolute atomic E-state index is 0.0855. The molecule has 7 heteroatoms. The Bertz CT molecular complexity index is 1490. The van der Waals surface area contributed by atoms with Gasteiger partial charge in [-0.05, 0) is 83.6 Å². The fourth-order valence-electron chi connectivity index (χ4n) is 4.13. The number of aromatic nitrogens is 2. The third-order valence-electron chi connectivity index (χ3n) is 5.62. The summed E-state index contributed by atoms with van der Waals surface area (Å²) in [4.78, 5) is 33.6. The van der Waals surface area contributed by atoms with Crippen LogP contribution in [0, 0.1) is 3.57 Å². The highest BCUT2D eigenvalue weighted by molar-refractivity contribution is 14.1. The maximum Gasteiger partial charge on any atom is 0.266 e. The molecule has 1 amide bonds. The Balaban J connectivity index is 1.79. The number of rotatable bonds is 4. The molecule has 2 heterocycles. The Labute approximate surface area is 209 Å². The summed E-state index contributed by atoms with van der Waals surface area (Å²) in [5, 5.41) is 1.09. The van der Waals surface area contributed by atoms with E-state index in [2.05, 4.69) is 22.6 Å². The summed E-state index contributed by atoms with van der Waals surface area (Å²) < 4.78 is 2.49. The number of hydrogen-bond acceptors (Lipinski definition) is 3. The second kappa shape index (κ2) is 8.76. The van der Waals surface area contributed by atoms with Crippen LogP contribution in [-0.2, 0) is 4.79 Å². The lowest BCUT2D eigenvalue weighted by Crippen LogP contribution is -2.27. The molecule has 4 aromatic rings. The third kappa shape index (κ3) is 3.87. The number of hydrogen-bond donors (Lipinski definition) is 0. The van der Waals surface area contributed by atoms with E-state index in [1.54, 1.807) is 39.8 Å². The van der Waals surface area contributed by atoms with Gasteiger partial charge >= 0.3 is 0 Å². The predicted octanol–water partition coefficient (Wildman–Crippen LogP) is 5.94. The molecule has 0 bridgehead atoms. The minimum atomic E-state index is -0.197. The van der Waals surface area contributed by atoms with Crippen molar-refractivity contribution in [1.29, 1.82) is 0 Å². The number of fused-ring (bicyclic) bond motifs is 2. The average molecular weight is 568 g/mol. The molecule has 0 atom stereocenters. The van der Waals surface area contributed by atoms with Gasteiger partial charge in [-0.1, -0.05) is 36.7 Å². The zero-order valence-electron chi connectivity index (χ0n) is 17.8. The van der Waals surface area contributed by atoms with Gasteiger partial charge < -0.3 is 4.90 Å². The molecular formula is C26H19ClIN3O2. The van der Waals surface area contributed by atoms with Crippen molar-refractivity contribution in [2.75, 3.05) is 11.4 Å². The average Bonchev–Trinajstić information content (AvgIpc) is 3.07. The zero-order chi connectivity index (χ0) is 23.1. The second-order valence-electron chi connectivity index (χ2n) is 7.78. The molecule has 0 aliphatic carbocycles. The SMILES string of the molecule is CCCN1C(=O)/C(=C/c2nc3ccc(I)cc3c(=O)n2-c2ccc(Cl)cc2)c2ccccc21. The van der Waals surface area contributed by atoms with E-state index in [9.17, 15) is 9.59 Å². The molecule has 0 radical (unpaired) electrons. The molecule has 0 saturated carbocycles. The summed E-state index contributed by atoms with van der Waals surface area (Å²) in [6, 6.07) is 20.3. The van der Waals surface area contributed by atoms with E-state index in [0.717, 1.165) is 21.2 Å². The fraction of sp³-hybridized carbons (Fsp3) is 0.115. The van der Waals surface area contributed by atoms with E-state index in [0.29, 0.717) is 39.6 Å². The van der Waals surface area contributed by atoms with Crippen LogP contribution in [0.5, 0.6) is 0 Å². The van der Waals surface area contributed by atoms with Crippen molar-refractivity contribution in [3.05, 3.63) is 97.1 Å². The van der Waals surface area contributed by atoms with E-state index in [-0.39, 0.29) is 11.5 Å². The Kier molecular flexibility index (Phi) is 5.80. The molecule has 1 aliphatic rings. The van der Waals surface area contributed by atoms with E-state index in [1.807, 2.05) is 49.4 Å². The molecule has 33 heavy (non-hydrogen) atoms. The van der Waals surface area contributed by atoms with Gasteiger partial charge in [0.05, 0.1) is 27.9 Å². The molecule has 0 N–H and O–H groups in total. The van der Waals surface area contributed by atoms with Gasteiger partial charge in [-0.2, -0.15) is 0 Å². The number of nitrogens with zero attached hydrogens (tertiary/aromatic N) is 3. The number of carbonyl (C=O) groups excluding carboxylic acids is 1. The monoisotopic (exact) mass is 567 g/mol. The molecule has 1 aliphatic heterocycles. The van der Waals surface area contributed by atoms with Crippen molar-refractivity contribution in [2.24, 2.45) is 0 Å². The normalized spacial score (nSPS) is 14.3. The molecule has 0 fully saturated rings. The third-order valence-corrected chi connectivity index (χ3v) is 6.55. The van der Waals surface area contributed by atoms with Gasteiger partial charge in [0.15, 0.2) is 0 Å². The number of halogens is 2. The van der Waals surface area contributed by atoms with Gasteiger partial charge in [-0.25, -0.2) is 4.98 Å². The van der Waals surface area contributed by atoms with Crippen molar-refractivity contribution in [2.45, 2.75) is 13.3 Å². The molecular weight excluding hydrogens is 549 g/mol. The highest BCUT2D eigenvalue weighted by Crippen LogP contribution is 2.37. The van der Waals surface area contributed by atoms with Crippen LogP contribution >= 0.6 is 34.2 Å². The smallest absolute Gasteiger partial charge is 0.266 e. The van der Waals surface area contributed by atoms with Crippen LogP contribution in [0.15, 0.2) is 71.5 Å². The molecule has 5 rings (SSSR count). The summed E-state index contributed by atoms with van der Waals surface area (Å²) in [6.07, 6.45) is 2.57. The highest BCUT2D eigenvalue weighted by Gasteiger charge is 2.32. The Morgan fingerprint density at radius 3 is 2.55 bits per heavy atom. The van der Waals surface area contributed by atoms with E-state index in [4.69, 9.17) is 16.6 Å². The van der Waals surface area contributed by atoms with Crippen LogP contribution in [0.3, 0.4) is 0 Å². The summed E-state index contributed by atoms with van der Waals surface area (Å²) in [7, 11) is 0. The van der Waals surface area contributed by atoms with Crippen LogP contribution in [0.1, 0.15) is 24.7 Å². The Morgan fingerprint density at radius 2 is 1.79 bits per heavy atom. The maximum absolute atomic E-state index is 13.6. The molecule has 0 unspecified atom stereocenters. The first-order chi connectivity index (χ1) is 16.0. The Hall–Kier alpha value is -2.97. The van der Waals surface area contributed by atoms with Crippen molar-refractivity contribution in [3.8, 4) is 5.69 Å². The summed E-state index contributed by atoms with van der Waals surface area (Å²) >= 11 is 8.27. The van der Waals surface area contributed by atoms with Crippen LogP contribution in [0.4, 0.5) is 5.69 Å². The van der Waals surface area contributed by atoms with Gasteiger partial charge in [0.2, 0.25) is 0 Å². The minimum Gasteiger partial charge on any atom is -0.308 e. The topological polar surface area (TPSA) is 55.2 Å². The van der Waals surface area contributed by atoms with Crippen molar-refractivity contribution in [1.82, 2.24) is 9.55 Å². The van der Waals surface area contributed by atoms with Crippen LogP contribution < -0.4 is 10.5 Å². The number of benzene rings is 3. The van der Waals surface area contributed by atoms with E-state index in [1.165, 1.54) is 0 Å². The van der Waals surface area contributed by atoms with Crippen molar-refractivity contribution >= 4 is 68.3 Å². The predicted molar refractivity (Wildman–Crippen MR) is 142 cm³/mol. The molecule has 1 aromatic heterocycles. The number of para-hydroxylation sites is 1. The van der Waals surface area contributed by atoms with Crippen molar-refractivity contribution < 1.29 is 4.79 Å². The van der Waals surface area contributed by atoms with Gasteiger partial charge in [0, 0.05) is 20.7 Å². The summed E-state index contributed by atoms with van der Waals surface area (Å²) in [5.74, 6) is 0.310. The molecule has 0 saturated heterocycles. The second-order valence-corrected chi connectivity index (χ2v) is 9.46. The first-order valence-corrected chi connectivity index (χ1v) is 12.0. The summed E-state index contributed by atoms with van der Waals surface area (Å²) in [5.41, 5.74) is 3.27. The summed E-state index contributed by atoms with van der Waals surface area (Å²) in [6.45, 7) is 2.67. The lowest BCUT2D eigenvalue weighted by atomic mass is 10.1. The highest BCUT2D eigenvalue weighted by atomic mass is 127. The van der Waals surface area contributed by atoms with Crippen LogP contribution in [0.25, 0.3) is 28.2 Å². The first-order valence-electron chi connectivity index (χ1n) is 10.6. The van der Waals surface area contributed by atoms with E-state index >= 15 is 0 Å². The lowest BCUT2D eigenvalue weighted by molar-refractivity contribution is -0.113. The molecule has 0 spiro atoms. The first kappa shape index (κ1) is 21.9. The number of carbonyl (C=O) groups is 1. The van der Waals surface area contributed by atoms with Gasteiger partial charge in [0.1, 0.15) is 5.82 Å². The zero-order valence-corrected chi connectivity index (χ0v) is 20.7. The van der Waals surface area contributed by atoms with Crippen molar-refractivity contribution in [3.63, 3.8) is 0 Å². The lowest BCUT2D eigenvalue weighted by Gasteiger charge is -2.15. The molecule has 3 aromatic carbocycles. The fourth-order valence-corrected chi connectivity index (χ4v) is 4.75. The maximum atomic E-state index is 13.6. The largest absolute Gasteiger partial charge is 0.308 e. The van der Waals surface area contributed by atoms with Gasteiger partial charge in [0.25, 0.3) is 11.5 Å². The van der Waals surface area contributed by atoms with Gasteiger partial charge in [-0.15, -0.1) is 0 Å². The standard InChI is InChI=1S/C26H19ClIN3O2/c1-2-13-30-23-6-4-3-5-19(23)20(25(30)32)15-24-29-22-12-9-17(28)14-21(22)26(33)31(24)18-10-7-16(27)8-11-18/h3-12,14-15H,2,13H2,1H3/b20-15+. The Morgan fingerprint density at radius 1 is 1.03 bits per heavy atom. The van der Waals surface area contributed by atoms with Gasteiger partial charge in [-0.3, -0.25) is 14.2 Å². The molecule has 164 valence electrons. The number of amides is 1. The number of anilines is 1. The van der Waals surface area contributed by atoms with E-state index < -0.39 is 0 Å². The van der Waals surface area contributed by atoms with Crippen LogP contribution in [0.2, 0.25) is 5.02 Å². The van der Waals surface area contributed by atoms with Crippen LogP contribution in [-0.4, -0.2) is 22.0 Å². The quantitative estimate of drug-likeness (QED) is 0.227.